The monoisotopic (exact) mass is 407 g/mol. The topological polar surface area (TPSA) is 59.8 Å². The molecular formula is C21H13NO4S2. The highest BCUT2D eigenvalue weighted by Crippen LogP contribution is 2.36. The van der Waals surface area contributed by atoms with Gasteiger partial charge in [0.2, 0.25) is 5.76 Å². The first-order valence-corrected chi connectivity index (χ1v) is 9.53. The van der Waals surface area contributed by atoms with Gasteiger partial charge in [0.25, 0.3) is 5.91 Å². The second kappa shape index (κ2) is 7.84. The quantitative estimate of drug-likeness (QED) is 0.265. The van der Waals surface area contributed by atoms with Crippen LogP contribution in [-0.4, -0.2) is 16.2 Å². The van der Waals surface area contributed by atoms with Gasteiger partial charge in [0.15, 0.2) is 4.32 Å². The van der Waals surface area contributed by atoms with Gasteiger partial charge < -0.3 is 9.15 Å². The third-order valence-electron chi connectivity index (χ3n) is 3.90. The number of rotatable bonds is 4. The molecule has 4 rings (SSSR count). The predicted molar refractivity (Wildman–Crippen MR) is 112 cm³/mol. The minimum atomic E-state index is -0.586. The molecule has 138 valence electrons. The van der Waals surface area contributed by atoms with E-state index in [1.54, 1.807) is 30.3 Å². The summed E-state index contributed by atoms with van der Waals surface area (Å²) in [6, 6.07) is 19.3. The summed E-state index contributed by atoms with van der Waals surface area (Å²) in [4.78, 5) is 26.8. The molecule has 3 aromatic rings. The van der Waals surface area contributed by atoms with Gasteiger partial charge in [0.05, 0.1) is 16.9 Å². The minimum absolute atomic E-state index is 0.120. The van der Waals surface area contributed by atoms with Crippen LogP contribution in [0.25, 0.3) is 6.08 Å². The van der Waals surface area contributed by atoms with Crippen molar-refractivity contribution in [2.45, 2.75) is 0 Å². The molecule has 0 bridgehead atoms. The summed E-state index contributed by atoms with van der Waals surface area (Å²) in [5.74, 6) is -0.292. The summed E-state index contributed by atoms with van der Waals surface area (Å²) in [6.07, 6.45) is 3.13. The normalized spacial score (nSPS) is 15.3. The Morgan fingerprint density at radius 3 is 2.64 bits per heavy atom. The van der Waals surface area contributed by atoms with E-state index in [0.717, 1.165) is 11.3 Å². The summed E-state index contributed by atoms with van der Waals surface area (Å²) in [5.41, 5.74) is 1.45. The largest absolute Gasteiger partial charge is 0.457 e. The molecule has 0 radical (unpaired) electrons. The van der Waals surface area contributed by atoms with E-state index in [1.807, 2.05) is 36.4 Å². The van der Waals surface area contributed by atoms with Gasteiger partial charge in [-0.1, -0.05) is 54.3 Å². The van der Waals surface area contributed by atoms with Crippen LogP contribution in [0.15, 0.2) is 82.3 Å². The molecule has 0 spiro atoms. The molecule has 0 aliphatic carbocycles. The maximum Gasteiger partial charge on any atom is 0.379 e. The van der Waals surface area contributed by atoms with Crippen LogP contribution in [0.5, 0.6) is 5.75 Å². The number of amides is 1. The number of anilines is 1. The fraction of sp³-hybridized carbons (Fsp3) is 0. The number of carbonyl (C=O) groups excluding carboxylic acids is 2. The number of carbonyl (C=O) groups is 2. The molecule has 28 heavy (non-hydrogen) atoms. The summed E-state index contributed by atoms with van der Waals surface area (Å²) in [6.45, 7) is 0. The van der Waals surface area contributed by atoms with Gasteiger partial charge in [-0.25, -0.2) is 4.79 Å². The maximum atomic E-state index is 12.8. The molecule has 0 saturated carbocycles. The molecule has 1 amide bonds. The highest BCUT2D eigenvalue weighted by Gasteiger charge is 2.33. The minimum Gasteiger partial charge on any atom is -0.457 e. The van der Waals surface area contributed by atoms with Crippen molar-refractivity contribution in [2.24, 2.45) is 0 Å². The van der Waals surface area contributed by atoms with Crippen LogP contribution >= 0.6 is 24.0 Å². The summed E-state index contributed by atoms with van der Waals surface area (Å²) < 4.78 is 10.8. The van der Waals surface area contributed by atoms with Crippen molar-refractivity contribution in [3.05, 3.63) is 89.2 Å². The van der Waals surface area contributed by atoms with Crippen LogP contribution in [-0.2, 0) is 4.79 Å². The number of para-hydroxylation sites is 1. The zero-order valence-corrected chi connectivity index (χ0v) is 16.0. The van der Waals surface area contributed by atoms with Gasteiger partial charge in [-0.15, -0.1) is 0 Å². The van der Waals surface area contributed by atoms with Crippen molar-refractivity contribution >= 4 is 51.9 Å². The van der Waals surface area contributed by atoms with E-state index in [9.17, 15) is 9.59 Å². The molecule has 0 N–H and O–H groups in total. The lowest BCUT2D eigenvalue weighted by Gasteiger charge is -2.13. The fourth-order valence-electron chi connectivity index (χ4n) is 2.64. The van der Waals surface area contributed by atoms with Crippen molar-refractivity contribution in [1.29, 1.82) is 0 Å². The molecular weight excluding hydrogens is 394 g/mol. The number of thioether (sulfide) groups is 1. The average molecular weight is 407 g/mol. The Morgan fingerprint density at radius 1 is 1.07 bits per heavy atom. The van der Waals surface area contributed by atoms with Gasteiger partial charge in [-0.05, 0) is 48.0 Å². The molecule has 1 aliphatic rings. The highest BCUT2D eigenvalue weighted by molar-refractivity contribution is 8.27. The molecule has 5 nitrogen and oxygen atoms in total. The third-order valence-corrected chi connectivity index (χ3v) is 5.20. The smallest absolute Gasteiger partial charge is 0.379 e. The Hall–Kier alpha value is -3.16. The molecule has 2 aromatic carbocycles. The van der Waals surface area contributed by atoms with E-state index in [4.69, 9.17) is 21.4 Å². The van der Waals surface area contributed by atoms with Crippen molar-refractivity contribution in [3.63, 3.8) is 0 Å². The predicted octanol–water partition coefficient (Wildman–Crippen LogP) is 4.90. The molecule has 0 atom stereocenters. The lowest BCUT2D eigenvalue weighted by atomic mass is 10.2. The fourth-order valence-corrected chi connectivity index (χ4v) is 3.94. The molecule has 0 unspecified atom stereocenters. The molecule has 1 fully saturated rings. The van der Waals surface area contributed by atoms with Crippen LogP contribution in [0.4, 0.5) is 5.69 Å². The van der Waals surface area contributed by atoms with Crippen LogP contribution < -0.4 is 9.64 Å². The number of benzene rings is 2. The first-order valence-electron chi connectivity index (χ1n) is 8.30. The summed E-state index contributed by atoms with van der Waals surface area (Å²) in [7, 11) is 0. The van der Waals surface area contributed by atoms with Gasteiger partial charge >= 0.3 is 5.97 Å². The molecule has 7 heteroatoms. The Kier molecular flexibility index (Phi) is 5.10. The number of esters is 1. The van der Waals surface area contributed by atoms with Crippen molar-refractivity contribution in [3.8, 4) is 5.75 Å². The Labute approximate surface area is 170 Å². The van der Waals surface area contributed by atoms with E-state index in [-0.39, 0.29) is 11.7 Å². The Morgan fingerprint density at radius 2 is 1.89 bits per heavy atom. The molecule has 2 heterocycles. The van der Waals surface area contributed by atoms with E-state index in [2.05, 4.69) is 0 Å². The van der Waals surface area contributed by atoms with E-state index in [1.165, 1.54) is 29.0 Å². The van der Waals surface area contributed by atoms with Crippen LogP contribution in [0.1, 0.15) is 16.1 Å². The van der Waals surface area contributed by atoms with Gasteiger partial charge in [0, 0.05) is 0 Å². The number of nitrogens with zero attached hydrogens (tertiary/aromatic N) is 1. The zero-order chi connectivity index (χ0) is 19.5. The molecule has 1 saturated heterocycles. The highest BCUT2D eigenvalue weighted by atomic mass is 32.2. The van der Waals surface area contributed by atoms with Crippen molar-refractivity contribution < 1.29 is 18.7 Å². The number of thiocarbonyl (C=S) groups is 1. The SMILES string of the molecule is O=C(Oc1cccc(/C=C2\SC(=S)N(c3ccccc3)C2=O)c1)c1ccco1. The maximum absolute atomic E-state index is 12.8. The Balaban J connectivity index is 1.55. The van der Waals surface area contributed by atoms with Crippen LogP contribution in [0.3, 0.4) is 0 Å². The van der Waals surface area contributed by atoms with Gasteiger partial charge in [-0.3, -0.25) is 9.69 Å². The third kappa shape index (κ3) is 3.76. The Bertz CT molecular complexity index is 1070. The van der Waals surface area contributed by atoms with E-state index < -0.39 is 5.97 Å². The van der Waals surface area contributed by atoms with Crippen LogP contribution in [0.2, 0.25) is 0 Å². The van der Waals surface area contributed by atoms with Crippen molar-refractivity contribution in [1.82, 2.24) is 0 Å². The summed E-state index contributed by atoms with van der Waals surface area (Å²) in [5, 5.41) is 0. The number of hydrogen-bond donors (Lipinski definition) is 0. The second-order valence-electron chi connectivity index (χ2n) is 5.79. The first-order chi connectivity index (χ1) is 13.6. The number of hydrogen-bond acceptors (Lipinski definition) is 6. The van der Waals surface area contributed by atoms with Gasteiger partial charge in [-0.2, -0.15) is 0 Å². The molecule has 1 aromatic heterocycles. The summed E-state index contributed by atoms with van der Waals surface area (Å²) >= 11 is 6.60. The van der Waals surface area contributed by atoms with E-state index >= 15 is 0 Å². The average Bonchev–Trinajstić information content (AvgIpc) is 3.32. The van der Waals surface area contributed by atoms with Crippen molar-refractivity contribution in [2.75, 3.05) is 4.90 Å². The zero-order valence-electron chi connectivity index (χ0n) is 14.4. The first kappa shape index (κ1) is 18.2. The van der Waals surface area contributed by atoms with Crippen LogP contribution in [0, 0.1) is 0 Å². The standard InChI is InChI=1S/C21H13NO4S2/c23-19-18(28-21(27)22(19)15-7-2-1-3-8-15)13-14-6-4-9-16(12-14)26-20(24)17-10-5-11-25-17/h1-13H/b18-13-. The van der Waals surface area contributed by atoms with E-state index in [0.29, 0.717) is 15.0 Å². The lowest BCUT2D eigenvalue weighted by Crippen LogP contribution is -2.27. The molecule has 1 aliphatic heterocycles. The number of ether oxygens (including phenoxy) is 1. The lowest BCUT2D eigenvalue weighted by molar-refractivity contribution is -0.113. The number of furan rings is 1. The second-order valence-corrected chi connectivity index (χ2v) is 7.47. The van der Waals surface area contributed by atoms with Gasteiger partial charge in [0.1, 0.15) is 5.75 Å².